The first-order chi connectivity index (χ1) is 31.8. The smallest absolute Gasteiger partial charge is 0.179 e. The Bertz CT molecular complexity index is 3790. The van der Waals surface area contributed by atoms with Crippen LogP contribution in [0.15, 0.2) is 243 Å². The summed E-state index contributed by atoms with van der Waals surface area (Å²) >= 11 is 1.89. The molecule has 0 N–H and O–H groups in total. The molecule has 0 aliphatic rings. The Morgan fingerprint density at radius 2 is 0.766 bits per heavy atom. The Morgan fingerprint density at radius 1 is 0.297 bits per heavy atom. The van der Waals surface area contributed by atoms with E-state index in [9.17, 15) is 0 Å². The Balaban J connectivity index is 1.02. The molecule has 0 aliphatic carbocycles. The van der Waals surface area contributed by atoms with Crippen molar-refractivity contribution in [3.8, 4) is 22.5 Å². The van der Waals surface area contributed by atoms with Gasteiger partial charge in [0.2, 0.25) is 0 Å². The molecule has 13 rings (SSSR count). The van der Waals surface area contributed by atoms with Crippen molar-refractivity contribution in [3.05, 3.63) is 243 Å². The largest absolute Gasteiger partial charge is 0.309 e. The van der Waals surface area contributed by atoms with Crippen molar-refractivity contribution in [2.45, 2.75) is 0 Å². The van der Waals surface area contributed by atoms with Crippen molar-refractivity contribution in [1.82, 2.24) is 9.13 Å². The van der Waals surface area contributed by atoms with Gasteiger partial charge in [-0.1, -0.05) is 194 Å². The zero-order valence-corrected chi connectivity index (χ0v) is 36.7. The van der Waals surface area contributed by atoms with E-state index in [1.165, 1.54) is 95.7 Å². The van der Waals surface area contributed by atoms with E-state index in [1.54, 1.807) is 0 Å². The third-order valence-corrected chi connectivity index (χ3v) is 19.5. The highest BCUT2D eigenvalue weighted by Gasteiger charge is 2.41. The molecule has 3 heterocycles. The standard InChI is InChI=1S/C60H40N2SSi/c1-4-18-43(19-5-1)64(44-20-6-2-7-21-44,45-22-8-3-9-23-45)46-37-34-41(35-38-46)61-54-30-13-10-24-47(54)48-39-36-42(40-57(48)61)62-55-31-14-11-26-53(55)59-50(27-17-32-56(59)62)52-29-16-28-51-49-25-12-15-33-58(49)63-60(51)52/h1-40H. The lowest BCUT2D eigenvalue weighted by Crippen LogP contribution is -2.74. The van der Waals surface area contributed by atoms with Crippen molar-refractivity contribution in [1.29, 1.82) is 0 Å². The highest BCUT2D eigenvalue weighted by molar-refractivity contribution is 7.26. The first kappa shape index (κ1) is 36.9. The molecule has 300 valence electrons. The lowest BCUT2D eigenvalue weighted by atomic mass is 9.98. The van der Waals surface area contributed by atoms with Crippen molar-refractivity contribution in [3.63, 3.8) is 0 Å². The third kappa shape index (κ3) is 5.43. The molecule has 0 fully saturated rings. The summed E-state index contributed by atoms with van der Waals surface area (Å²) in [5.74, 6) is 0. The Labute approximate surface area is 376 Å². The number of fused-ring (bicyclic) bond motifs is 9. The first-order valence-electron chi connectivity index (χ1n) is 22.0. The van der Waals surface area contributed by atoms with E-state index in [0.29, 0.717) is 0 Å². The van der Waals surface area contributed by atoms with Crippen LogP contribution in [0.2, 0.25) is 0 Å². The van der Waals surface area contributed by atoms with Crippen LogP contribution in [0.25, 0.3) is 86.3 Å². The van der Waals surface area contributed by atoms with Crippen molar-refractivity contribution >= 4 is 104 Å². The number of hydrogen-bond acceptors (Lipinski definition) is 1. The molecule has 0 atom stereocenters. The van der Waals surface area contributed by atoms with Crippen LogP contribution in [0.3, 0.4) is 0 Å². The number of nitrogens with zero attached hydrogens (tertiary/aromatic N) is 2. The minimum Gasteiger partial charge on any atom is -0.309 e. The molecule has 4 heteroatoms. The van der Waals surface area contributed by atoms with Crippen LogP contribution in [0, 0.1) is 0 Å². The molecule has 0 bridgehead atoms. The van der Waals surface area contributed by atoms with Crippen LogP contribution in [0.1, 0.15) is 0 Å². The fourth-order valence-electron chi connectivity index (χ4n) is 10.8. The minimum atomic E-state index is -2.68. The number of benzene rings is 10. The van der Waals surface area contributed by atoms with Crippen LogP contribution >= 0.6 is 11.3 Å². The quantitative estimate of drug-likeness (QED) is 0.112. The van der Waals surface area contributed by atoms with Crippen molar-refractivity contribution in [2.75, 3.05) is 0 Å². The van der Waals surface area contributed by atoms with Crippen LogP contribution in [0.5, 0.6) is 0 Å². The molecule has 0 spiro atoms. The molecule has 10 aromatic carbocycles. The molecule has 0 saturated heterocycles. The molecule has 13 aromatic rings. The summed E-state index contributed by atoms with van der Waals surface area (Å²) in [6.07, 6.45) is 0. The lowest BCUT2D eigenvalue weighted by Gasteiger charge is -2.34. The van der Waals surface area contributed by atoms with Gasteiger partial charge in [0.15, 0.2) is 8.07 Å². The fourth-order valence-corrected chi connectivity index (χ4v) is 16.8. The average Bonchev–Trinajstić information content (AvgIpc) is 4.03. The van der Waals surface area contributed by atoms with E-state index in [1.807, 2.05) is 11.3 Å². The van der Waals surface area contributed by atoms with Crippen molar-refractivity contribution in [2.24, 2.45) is 0 Å². The predicted octanol–water partition coefficient (Wildman–Crippen LogP) is 13.3. The highest BCUT2D eigenvalue weighted by atomic mass is 32.1. The summed E-state index contributed by atoms with van der Waals surface area (Å²) in [4.78, 5) is 0. The Hall–Kier alpha value is -7.76. The van der Waals surface area contributed by atoms with Gasteiger partial charge >= 0.3 is 0 Å². The van der Waals surface area contributed by atoms with Gasteiger partial charge in [-0.25, -0.2) is 0 Å². The first-order valence-corrected chi connectivity index (χ1v) is 24.8. The monoisotopic (exact) mass is 848 g/mol. The van der Waals surface area contributed by atoms with Crippen molar-refractivity contribution < 1.29 is 0 Å². The Kier molecular flexibility index (Phi) is 8.45. The van der Waals surface area contributed by atoms with Gasteiger partial charge in [0.25, 0.3) is 0 Å². The van der Waals surface area contributed by atoms with Crippen LogP contribution in [0.4, 0.5) is 0 Å². The summed E-state index contributed by atoms with van der Waals surface area (Å²) in [6.45, 7) is 0. The van der Waals surface area contributed by atoms with E-state index >= 15 is 0 Å². The molecule has 0 saturated carbocycles. The van der Waals surface area contributed by atoms with Gasteiger partial charge in [0.1, 0.15) is 0 Å². The summed E-state index contributed by atoms with van der Waals surface area (Å²) in [5, 5.41) is 13.1. The molecular formula is C60H40N2SSi. The molecule has 64 heavy (non-hydrogen) atoms. The topological polar surface area (TPSA) is 9.86 Å². The SMILES string of the molecule is c1ccc([Si](c2ccccc2)(c2ccccc2)c2ccc(-n3c4ccccc4c4ccc(-n5c6ccccc6c6c(-c7cccc8c7sc7ccccc78)cccc65)cc43)cc2)cc1. The molecule has 2 nitrogen and oxygen atoms in total. The van der Waals surface area contributed by atoms with Gasteiger partial charge < -0.3 is 9.13 Å². The number of aromatic nitrogens is 2. The summed E-state index contributed by atoms with van der Waals surface area (Å²) in [6, 6.07) is 90.3. The maximum atomic E-state index is 2.48. The second-order valence-electron chi connectivity index (χ2n) is 16.8. The molecule has 0 amide bonds. The molecule has 0 radical (unpaired) electrons. The predicted molar refractivity (Wildman–Crippen MR) is 277 cm³/mol. The van der Waals surface area contributed by atoms with Crippen LogP contribution in [-0.4, -0.2) is 17.2 Å². The summed E-state index contributed by atoms with van der Waals surface area (Å²) in [5.41, 5.74) is 9.61. The minimum absolute atomic E-state index is 1.14. The number of thiophene rings is 1. The van der Waals surface area contributed by atoms with Crippen LogP contribution < -0.4 is 20.7 Å². The van der Waals surface area contributed by atoms with E-state index in [0.717, 1.165) is 11.4 Å². The molecule has 3 aromatic heterocycles. The number of para-hydroxylation sites is 2. The van der Waals surface area contributed by atoms with E-state index in [-0.39, 0.29) is 0 Å². The second kappa shape index (κ2) is 14.7. The molecule has 0 unspecified atom stereocenters. The van der Waals surface area contributed by atoms with E-state index in [2.05, 4.69) is 252 Å². The van der Waals surface area contributed by atoms with Crippen LogP contribution in [-0.2, 0) is 0 Å². The van der Waals surface area contributed by atoms with Gasteiger partial charge in [-0.2, -0.15) is 0 Å². The number of hydrogen-bond donors (Lipinski definition) is 0. The third-order valence-electron chi connectivity index (χ3n) is 13.5. The average molecular weight is 849 g/mol. The number of rotatable bonds is 7. The molecular weight excluding hydrogens is 809 g/mol. The normalized spacial score (nSPS) is 12.1. The highest BCUT2D eigenvalue weighted by Crippen LogP contribution is 2.45. The van der Waals surface area contributed by atoms with Gasteiger partial charge in [-0.05, 0) is 74.8 Å². The second-order valence-corrected chi connectivity index (χ2v) is 21.6. The zero-order valence-electron chi connectivity index (χ0n) is 34.9. The molecule has 0 aliphatic heterocycles. The van der Waals surface area contributed by atoms with E-state index in [4.69, 9.17) is 0 Å². The van der Waals surface area contributed by atoms with Gasteiger partial charge in [-0.3, -0.25) is 0 Å². The lowest BCUT2D eigenvalue weighted by molar-refractivity contribution is 1.16. The van der Waals surface area contributed by atoms with E-state index < -0.39 is 8.07 Å². The maximum Gasteiger partial charge on any atom is 0.179 e. The maximum absolute atomic E-state index is 2.68. The Morgan fingerprint density at radius 3 is 1.45 bits per heavy atom. The van der Waals surface area contributed by atoms with Gasteiger partial charge in [0, 0.05) is 58.7 Å². The summed E-state index contributed by atoms with van der Waals surface area (Å²) in [7, 11) is -2.68. The van der Waals surface area contributed by atoms with Gasteiger partial charge in [0.05, 0.1) is 22.1 Å². The fraction of sp³-hybridized carbons (Fsp3) is 0. The van der Waals surface area contributed by atoms with Gasteiger partial charge in [-0.15, -0.1) is 11.3 Å². The zero-order chi connectivity index (χ0) is 42.2. The summed E-state index contributed by atoms with van der Waals surface area (Å²) < 4.78 is 7.60.